The van der Waals surface area contributed by atoms with Gasteiger partial charge in [-0.25, -0.2) is 0 Å². The lowest BCUT2D eigenvalue weighted by molar-refractivity contribution is -0.138. The first-order valence-electron chi connectivity index (χ1n) is 4.07. The van der Waals surface area contributed by atoms with Crippen LogP contribution in [0.15, 0.2) is 0 Å². The van der Waals surface area contributed by atoms with Crippen LogP contribution in [0, 0.1) is 0 Å². The van der Waals surface area contributed by atoms with Crippen LogP contribution in [0.1, 0.15) is 0 Å². The molecule has 1 aliphatic heterocycles. The maximum Gasteiger partial charge on any atom is 0.309 e. The molecule has 0 aromatic heterocycles. The maximum absolute atomic E-state index is 10.8. The molecule has 14 heavy (non-hydrogen) atoms. The van der Waals surface area contributed by atoms with Gasteiger partial charge in [-0.05, 0) is 0 Å². The van der Waals surface area contributed by atoms with Crippen molar-refractivity contribution in [3.63, 3.8) is 0 Å². The highest BCUT2D eigenvalue weighted by atomic mass is 16.5. The van der Waals surface area contributed by atoms with Crippen molar-refractivity contribution in [3.8, 4) is 0 Å². The number of hydrogen-bond acceptors (Lipinski definition) is 5. The van der Waals surface area contributed by atoms with E-state index in [0.29, 0.717) is 0 Å². The molecule has 1 aliphatic rings. The van der Waals surface area contributed by atoms with Crippen LogP contribution in [-0.2, 0) is 14.3 Å². The topological polar surface area (TPSA) is 122 Å². The van der Waals surface area contributed by atoms with Crippen molar-refractivity contribution in [1.82, 2.24) is 5.32 Å². The lowest BCUT2D eigenvalue weighted by Gasteiger charge is -2.15. The zero-order valence-corrected chi connectivity index (χ0v) is 7.34. The molecule has 0 radical (unpaired) electrons. The zero-order valence-electron chi connectivity index (χ0n) is 7.34. The fourth-order valence-electron chi connectivity index (χ4n) is 1.21. The van der Waals surface area contributed by atoms with Gasteiger partial charge in [0.1, 0.15) is 12.2 Å². The minimum absolute atomic E-state index is 0.0470. The monoisotopic (exact) mass is 204 g/mol. The Morgan fingerprint density at radius 3 is 2.64 bits per heavy atom. The molecular weight excluding hydrogens is 192 g/mol. The fraction of sp³-hybridized carbons (Fsp3) is 0.714. The molecule has 7 heteroatoms. The van der Waals surface area contributed by atoms with Gasteiger partial charge in [-0.1, -0.05) is 0 Å². The third-order valence-electron chi connectivity index (χ3n) is 2.00. The van der Waals surface area contributed by atoms with E-state index in [2.05, 4.69) is 5.32 Å². The molecule has 80 valence electrons. The Morgan fingerprint density at radius 1 is 1.57 bits per heavy atom. The van der Waals surface area contributed by atoms with Gasteiger partial charge in [0.2, 0.25) is 0 Å². The van der Waals surface area contributed by atoms with Crippen LogP contribution in [0.25, 0.3) is 0 Å². The highest BCUT2D eigenvalue weighted by Gasteiger charge is 2.36. The molecule has 1 saturated heterocycles. The molecule has 1 fully saturated rings. The second-order valence-electron chi connectivity index (χ2n) is 2.99. The Balaban J connectivity index is 2.48. The molecule has 7 nitrogen and oxygen atoms in total. The minimum Gasteiger partial charge on any atom is -0.394 e. The summed E-state index contributed by atoms with van der Waals surface area (Å²) in [4.78, 5) is 21.2. The van der Waals surface area contributed by atoms with E-state index in [-0.39, 0.29) is 13.2 Å². The maximum atomic E-state index is 10.8. The Kier molecular flexibility index (Phi) is 3.39. The number of amides is 2. The summed E-state index contributed by atoms with van der Waals surface area (Å²) in [6.45, 7) is -0.296. The number of aliphatic hydroxyl groups is 2. The molecule has 3 atom stereocenters. The summed E-state index contributed by atoms with van der Waals surface area (Å²) in [7, 11) is 0. The van der Waals surface area contributed by atoms with Crippen LogP contribution >= 0.6 is 0 Å². The molecule has 0 saturated carbocycles. The van der Waals surface area contributed by atoms with Gasteiger partial charge in [0.25, 0.3) is 0 Å². The van der Waals surface area contributed by atoms with E-state index in [1.54, 1.807) is 0 Å². The molecule has 2 amide bonds. The van der Waals surface area contributed by atoms with Crippen LogP contribution in [0.5, 0.6) is 0 Å². The Bertz CT molecular complexity index is 244. The number of nitrogens with two attached hydrogens (primary N) is 1. The number of ether oxygens (including phenoxy) is 1. The predicted molar refractivity (Wildman–Crippen MR) is 44.0 cm³/mol. The van der Waals surface area contributed by atoms with Gasteiger partial charge >= 0.3 is 11.8 Å². The van der Waals surface area contributed by atoms with Crippen molar-refractivity contribution in [2.75, 3.05) is 13.2 Å². The molecule has 0 aromatic rings. The first-order chi connectivity index (χ1) is 6.56. The van der Waals surface area contributed by atoms with Gasteiger partial charge in [0, 0.05) is 0 Å². The number of hydrogen-bond donors (Lipinski definition) is 4. The first kappa shape index (κ1) is 10.9. The second kappa shape index (κ2) is 4.36. The standard InChI is InChI=1S/C7H12N2O5/c8-6(12)7(13)9-3-2-14-4(1-10)5(3)11/h3-5,10-11H,1-2H2,(H2,8,12)(H,9,13). The molecule has 0 spiro atoms. The van der Waals surface area contributed by atoms with Gasteiger partial charge in [-0.3, -0.25) is 9.59 Å². The average Bonchev–Trinajstić information content (AvgIpc) is 2.47. The van der Waals surface area contributed by atoms with Crippen LogP contribution in [0.4, 0.5) is 0 Å². The summed E-state index contributed by atoms with van der Waals surface area (Å²) in [6, 6.07) is -0.702. The molecule has 5 N–H and O–H groups in total. The molecule has 0 aromatic carbocycles. The SMILES string of the molecule is NC(=O)C(=O)NC1COC(CO)C1O. The molecule has 1 heterocycles. The van der Waals surface area contributed by atoms with Crippen molar-refractivity contribution in [2.45, 2.75) is 18.2 Å². The number of nitrogens with one attached hydrogen (secondary N) is 1. The summed E-state index contributed by atoms with van der Waals surface area (Å²) in [5.41, 5.74) is 4.70. The largest absolute Gasteiger partial charge is 0.394 e. The highest BCUT2D eigenvalue weighted by molar-refractivity contribution is 6.34. The van der Waals surface area contributed by atoms with E-state index in [1.807, 2.05) is 0 Å². The summed E-state index contributed by atoms with van der Waals surface area (Å²) in [6.07, 6.45) is -1.75. The van der Waals surface area contributed by atoms with Crippen molar-refractivity contribution >= 4 is 11.8 Å². The zero-order chi connectivity index (χ0) is 10.7. The summed E-state index contributed by atoms with van der Waals surface area (Å²) >= 11 is 0. The summed E-state index contributed by atoms with van der Waals surface area (Å²) < 4.78 is 4.94. The van der Waals surface area contributed by atoms with Crippen molar-refractivity contribution < 1.29 is 24.5 Å². The molecule has 3 unspecified atom stereocenters. The second-order valence-corrected chi connectivity index (χ2v) is 2.99. The predicted octanol–water partition coefficient (Wildman–Crippen LogP) is -3.29. The van der Waals surface area contributed by atoms with E-state index >= 15 is 0 Å². The summed E-state index contributed by atoms with van der Waals surface area (Å²) in [5.74, 6) is -2.10. The lowest BCUT2D eigenvalue weighted by Crippen LogP contribution is -2.48. The van der Waals surface area contributed by atoms with Gasteiger partial charge in [-0.2, -0.15) is 0 Å². The van der Waals surface area contributed by atoms with Crippen LogP contribution in [-0.4, -0.2) is 53.5 Å². The third kappa shape index (κ3) is 2.19. The first-order valence-corrected chi connectivity index (χ1v) is 4.07. The smallest absolute Gasteiger partial charge is 0.309 e. The Morgan fingerprint density at radius 2 is 2.21 bits per heavy atom. The van der Waals surface area contributed by atoms with Crippen molar-refractivity contribution in [2.24, 2.45) is 5.73 Å². The quantitative estimate of drug-likeness (QED) is 0.351. The van der Waals surface area contributed by atoms with Crippen molar-refractivity contribution in [1.29, 1.82) is 0 Å². The lowest BCUT2D eigenvalue weighted by atomic mass is 10.1. The number of aliphatic hydroxyl groups excluding tert-OH is 2. The molecule has 0 bridgehead atoms. The fourth-order valence-corrected chi connectivity index (χ4v) is 1.21. The highest BCUT2D eigenvalue weighted by Crippen LogP contribution is 2.13. The Labute approximate surface area is 79.8 Å². The van der Waals surface area contributed by atoms with Crippen LogP contribution in [0.2, 0.25) is 0 Å². The van der Waals surface area contributed by atoms with E-state index in [1.165, 1.54) is 0 Å². The minimum atomic E-state index is -1.12. The van der Waals surface area contributed by atoms with Crippen molar-refractivity contribution in [3.05, 3.63) is 0 Å². The van der Waals surface area contributed by atoms with Gasteiger partial charge in [0.05, 0.1) is 19.3 Å². The molecular formula is C7H12N2O5. The van der Waals surface area contributed by atoms with Gasteiger partial charge in [-0.15, -0.1) is 0 Å². The molecule has 1 rings (SSSR count). The van der Waals surface area contributed by atoms with E-state index in [4.69, 9.17) is 15.6 Å². The van der Waals surface area contributed by atoms with E-state index in [0.717, 1.165) is 0 Å². The van der Waals surface area contributed by atoms with Crippen LogP contribution in [0.3, 0.4) is 0 Å². The third-order valence-corrected chi connectivity index (χ3v) is 2.00. The number of carbonyl (C=O) groups excluding carboxylic acids is 2. The van der Waals surface area contributed by atoms with Gasteiger partial charge < -0.3 is 26.0 Å². The number of rotatable bonds is 2. The molecule has 0 aliphatic carbocycles. The van der Waals surface area contributed by atoms with Gasteiger partial charge in [0.15, 0.2) is 0 Å². The summed E-state index contributed by atoms with van der Waals surface area (Å²) in [5, 5.41) is 20.3. The Hall–Kier alpha value is -1.18. The number of carbonyl (C=O) groups is 2. The van der Waals surface area contributed by atoms with E-state index in [9.17, 15) is 14.7 Å². The van der Waals surface area contributed by atoms with Crippen LogP contribution < -0.4 is 11.1 Å². The normalized spacial score (nSPS) is 31.4. The number of primary amides is 1. The average molecular weight is 204 g/mol. The van der Waals surface area contributed by atoms with E-state index < -0.39 is 30.1 Å².